The van der Waals surface area contributed by atoms with Crippen molar-refractivity contribution in [3.63, 3.8) is 0 Å². The van der Waals surface area contributed by atoms with Crippen molar-refractivity contribution in [2.45, 2.75) is 25.5 Å². The molecule has 1 unspecified atom stereocenters. The van der Waals surface area contributed by atoms with E-state index >= 15 is 0 Å². The van der Waals surface area contributed by atoms with Gasteiger partial charge in [0.05, 0.1) is 11.0 Å². The molecule has 0 aromatic rings. The van der Waals surface area contributed by atoms with E-state index in [0.717, 1.165) is 23.5 Å². The first-order chi connectivity index (χ1) is 8.11. The lowest BCUT2D eigenvalue weighted by Gasteiger charge is -2.21. The van der Waals surface area contributed by atoms with Crippen LogP contribution in [0.15, 0.2) is 0 Å². The third kappa shape index (κ3) is 6.67. The first-order valence-electron chi connectivity index (χ1n) is 5.95. The van der Waals surface area contributed by atoms with Crippen LogP contribution in [0.5, 0.6) is 0 Å². The second-order valence-corrected chi connectivity index (χ2v) is 9.23. The molecule has 1 atom stereocenters. The minimum absolute atomic E-state index is 0.000710. The van der Waals surface area contributed by atoms with Crippen molar-refractivity contribution in [3.8, 4) is 0 Å². The predicted molar refractivity (Wildman–Crippen MR) is 73.9 cm³/mol. The van der Waals surface area contributed by atoms with Crippen LogP contribution in [0.1, 0.15) is 20.3 Å². The average molecular weight is 300 g/mol. The van der Waals surface area contributed by atoms with Crippen LogP contribution in [0.4, 0.5) is 0 Å². The Morgan fingerprint density at radius 1 is 1.22 bits per heavy atom. The molecule has 0 saturated carbocycles. The summed E-state index contributed by atoms with van der Waals surface area (Å²) >= 11 is 0. The molecule has 0 rings (SSSR count). The number of hydrogen-bond acceptors (Lipinski definition) is 5. The molecule has 18 heavy (non-hydrogen) atoms. The summed E-state index contributed by atoms with van der Waals surface area (Å²) in [4.78, 5) is 0. The van der Waals surface area contributed by atoms with Gasteiger partial charge in [-0.25, -0.2) is 21.1 Å². The average Bonchev–Trinajstić information content (AvgIpc) is 2.24. The maximum atomic E-state index is 12.0. The van der Waals surface area contributed by atoms with E-state index in [-0.39, 0.29) is 12.3 Å². The van der Waals surface area contributed by atoms with Gasteiger partial charge < -0.3 is 5.32 Å². The van der Waals surface area contributed by atoms with Crippen LogP contribution in [-0.4, -0.2) is 65.1 Å². The summed E-state index contributed by atoms with van der Waals surface area (Å²) in [6, 6.07) is 0. The van der Waals surface area contributed by atoms with Crippen molar-refractivity contribution in [1.29, 1.82) is 0 Å². The topological polar surface area (TPSA) is 83.6 Å². The van der Waals surface area contributed by atoms with Crippen molar-refractivity contribution >= 4 is 19.9 Å². The van der Waals surface area contributed by atoms with Crippen molar-refractivity contribution in [3.05, 3.63) is 0 Å². The van der Waals surface area contributed by atoms with E-state index in [4.69, 9.17) is 0 Å². The van der Waals surface area contributed by atoms with Gasteiger partial charge in [0.25, 0.3) is 0 Å². The molecular formula is C10H24N2O4S2. The third-order valence-electron chi connectivity index (χ3n) is 2.58. The highest BCUT2D eigenvalue weighted by Gasteiger charge is 2.25. The van der Waals surface area contributed by atoms with Crippen LogP contribution >= 0.6 is 0 Å². The second kappa shape index (κ2) is 7.42. The van der Waals surface area contributed by atoms with Crippen LogP contribution in [0.25, 0.3) is 0 Å². The molecule has 0 aliphatic heterocycles. The number of sulfonamides is 1. The van der Waals surface area contributed by atoms with Crippen LogP contribution in [0.2, 0.25) is 0 Å². The number of hydrogen-bond donors (Lipinski definition) is 1. The van der Waals surface area contributed by atoms with E-state index in [1.165, 1.54) is 7.05 Å². The maximum absolute atomic E-state index is 12.0. The lowest BCUT2D eigenvalue weighted by atomic mass is 10.4. The Morgan fingerprint density at radius 3 is 2.22 bits per heavy atom. The highest BCUT2D eigenvalue weighted by atomic mass is 32.2. The van der Waals surface area contributed by atoms with Gasteiger partial charge >= 0.3 is 0 Å². The maximum Gasteiger partial charge on any atom is 0.217 e. The molecule has 0 aliphatic carbocycles. The van der Waals surface area contributed by atoms with E-state index < -0.39 is 25.1 Å². The molecule has 6 nitrogen and oxygen atoms in total. The zero-order valence-corrected chi connectivity index (χ0v) is 13.1. The quantitative estimate of drug-likeness (QED) is 0.590. The summed E-state index contributed by atoms with van der Waals surface area (Å²) in [7, 11) is -5.17. The smallest absolute Gasteiger partial charge is 0.217 e. The number of nitrogens with one attached hydrogen (secondary N) is 1. The first-order valence-corrected chi connectivity index (χ1v) is 9.51. The fraction of sp³-hybridized carbons (Fsp3) is 1.00. The van der Waals surface area contributed by atoms with E-state index in [1.54, 1.807) is 6.92 Å². The van der Waals surface area contributed by atoms with Crippen LogP contribution in [-0.2, 0) is 19.9 Å². The zero-order chi connectivity index (χ0) is 14.4. The van der Waals surface area contributed by atoms with E-state index in [0.29, 0.717) is 6.54 Å². The molecule has 0 heterocycles. The summed E-state index contributed by atoms with van der Waals surface area (Å²) in [6.45, 7) is 4.77. The molecule has 0 aromatic carbocycles. The molecule has 0 bridgehead atoms. The zero-order valence-electron chi connectivity index (χ0n) is 11.5. The highest BCUT2D eigenvalue weighted by Crippen LogP contribution is 2.06. The van der Waals surface area contributed by atoms with Crippen molar-refractivity contribution in [1.82, 2.24) is 9.62 Å². The Morgan fingerprint density at radius 2 is 1.78 bits per heavy atom. The molecule has 8 heteroatoms. The predicted octanol–water partition coefficient (Wildman–Crippen LogP) is -0.319. The monoisotopic (exact) mass is 300 g/mol. The summed E-state index contributed by atoms with van der Waals surface area (Å²) in [6.07, 6.45) is 2.04. The lowest BCUT2D eigenvalue weighted by molar-refractivity contribution is 0.470. The molecule has 0 aliphatic rings. The molecular weight excluding hydrogens is 276 g/mol. The Bertz CT molecular complexity index is 431. The fourth-order valence-corrected chi connectivity index (χ4v) is 3.33. The van der Waals surface area contributed by atoms with Gasteiger partial charge in [-0.05, 0) is 19.9 Å². The Kier molecular flexibility index (Phi) is 7.34. The number of rotatable bonds is 9. The Hall–Kier alpha value is -0.180. The van der Waals surface area contributed by atoms with Gasteiger partial charge in [-0.2, -0.15) is 0 Å². The molecule has 0 amide bonds. The highest BCUT2D eigenvalue weighted by molar-refractivity contribution is 7.91. The molecule has 0 fully saturated rings. The van der Waals surface area contributed by atoms with E-state index in [9.17, 15) is 16.8 Å². The van der Waals surface area contributed by atoms with Gasteiger partial charge in [-0.3, -0.25) is 0 Å². The summed E-state index contributed by atoms with van der Waals surface area (Å²) in [5.41, 5.74) is 0. The molecule has 1 N–H and O–H groups in total. The molecule has 110 valence electrons. The molecule has 0 spiro atoms. The third-order valence-corrected chi connectivity index (χ3v) is 5.74. The van der Waals surface area contributed by atoms with Crippen molar-refractivity contribution < 1.29 is 16.8 Å². The van der Waals surface area contributed by atoms with Crippen LogP contribution < -0.4 is 5.32 Å². The van der Waals surface area contributed by atoms with Crippen LogP contribution in [0.3, 0.4) is 0 Å². The van der Waals surface area contributed by atoms with Gasteiger partial charge in [0, 0.05) is 26.4 Å². The number of sulfone groups is 1. The largest absolute Gasteiger partial charge is 0.315 e. The van der Waals surface area contributed by atoms with E-state index in [2.05, 4.69) is 5.32 Å². The van der Waals surface area contributed by atoms with Crippen LogP contribution in [0, 0.1) is 0 Å². The minimum atomic E-state index is -3.44. The van der Waals surface area contributed by atoms with Gasteiger partial charge in [0.1, 0.15) is 9.84 Å². The van der Waals surface area contributed by atoms with Gasteiger partial charge in [0.2, 0.25) is 10.0 Å². The minimum Gasteiger partial charge on any atom is -0.315 e. The standard InChI is InChI=1S/C10H24N2O4S2/c1-5-6-11-9-10(2)18(15,16)12(3)7-8-17(4,13)14/h10-11H,5-9H2,1-4H3. The summed E-state index contributed by atoms with van der Waals surface area (Å²) in [5.74, 6) is -0.155. The molecule has 0 aromatic heterocycles. The Labute approximate surface area is 111 Å². The molecule has 0 radical (unpaired) electrons. The number of nitrogens with zero attached hydrogens (tertiary/aromatic N) is 1. The van der Waals surface area contributed by atoms with Gasteiger partial charge in [-0.1, -0.05) is 6.92 Å². The second-order valence-electron chi connectivity index (χ2n) is 4.51. The van der Waals surface area contributed by atoms with Gasteiger partial charge in [-0.15, -0.1) is 0 Å². The first kappa shape index (κ1) is 17.8. The SMILES string of the molecule is CCCNCC(C)S(=O)(=O)N(C)CCS(C)(=O)=O. The van der Waals surface area contributed by atoms with Crippen molar-refractivity contribution in [2.24, 2.45) is 0 Å². The van der Waals surface area contributed by atoms with Gasteiger partial charge in [0.15, 0.2) is 0 Å². The summed E-state index contributed by atoms with van der Waals surface area (Å²) < 4.78 is 47.2. The fourth-order valence-electron chi connectivity index (χ4n) is 1.32. The van der Waals surface area contributed by atoms with E-state index in [1.807, 2.05) is 6.92 Å². The molecule has 0 saturated heterocycles. The van der Waals surface area contributed by atoms with Crippen molar-refractivity contribution in [2.75, 3.05) is 38.7 Å². The normalized spacial score (nSPS) is 14.9. The lowest BCUT2D eigenvalue weighted by Crippen LogP contribution is -2.41. The Balaban J connectivity index is 4.42. The summed E-state index contributed by atoms with van der Waals surface area (Å²) in [5, 5.41) is 2.48.